The zero-order valence-electron chi connectivity index (χ0n) is 9.25. The molecule has 1 aromatic heterocycles. The Kier molecular flexibility index (Phi) is 2.99. The van der Waals surface area contributed by atoms with Crippen LogP contribution in [0, 0.1) is 17.0 Å². The summed E-state index contributed by atoms with van der Waals surface area (Å²) in [5, 5.41) is 22.6. The molecule has 0 amide bonds. The number of hydrogen-bond donors (Lipinski definition) is 2. The summed E-state index contributed by atoms with van der Waals surface area (Å²) in [6.07, 6.45) is -0.207. The van der Waals surface area contributed by atoms with Crippen LogP contribution in [0.15, 0.2) is 4.79 Å². The fraction of sp³-hybridized carbons (Fsp3) is 0.667. The maximum Gasteiger partial charge on any atom is 0.355 e. The number of nitrogens with zero attached hydrogens (tertiary/aromatic N) is 2. The summed E-state index contributed by atoms with van der Waals surface area (Å²) in [7, 11) is 0. The third-order valence-electron chi connectivity index (χ3n) is 2.85. The van der Waals surface area contributed by atoms with E-state index in [1.807, 2.05) is 0 Å². The van der Waals surface area contributed by atoms with Gasteiger partial charge in [0.05, 0.1) is 30.3 Å². The first kappa shape index (κ1) is 11.8. The van der Waals surface area contributed by atoms with Crippen molar-refractivity contribution in [1.82, 2.24) is 9.78 Å². The highest BCUT2D eigenvalue weighted by Crippen LogP contribution is 2.23. The molecule has 1 aromatic rings. The standard InChI is InChI=1S/C9H13N3O5/c1-5-8(12(15)16)9(14)10-11(5)6-2-7(13)4-17-3-6/h6-7,13H,2-4H2,1H3,(H,10,14). The van der Waals surface area contributed by atoms with Gasteiger partial charge in [0.15, 0.2) is 0 Å². The molecule has 8 nitrogen and oxygen atoms in total. The van der Waals surface area contributed by atoms with Gasteiger partial charge in [-0.1, -0.05) is 0 Å². The van der Waals surface area contributed by atoms with Crippen LogP contribution in [0.1, 0.15) is 18.2 Å². The van der Waals surface area contributed by atoms with E-state index in [0.29, 0.717) is 13.0 Å². The number of H-pyrrole nitrogens is 1. The lowest BCUT2D eigenvalue weighted by Crippen LogP contribution is -2.32. The highest BCUT2D eigenvalue weighted by atomic mass is 16.6. The van der Waals surface area contributed by atoms with E-state index < -0.39 is 22.3 Å². The van der Waals surface area contributed by atoms with Crippen molar-refractivity contribution in [2.45, 2.75) is 25.5 Å². The second-order valence-electron chi connectivity index (χ2n) is 4.08. The fourth-order valence-electron chi connectivity index (χ4n) is 2.07. The molecule has 1 fully saturated rings. The maximum absolute atomic E-state index is 11.4. The summed E-state index contributed by atoms with van der Waals surface area (Å²) >= 11 is 0. The van der Waals surface area contributed by atoms with Crippen LogP contribution in [0.25, 0.3) is 0 Å². The zero-order valence-corrected chi connectivity index (χ0v) is 9.25. The molecule has 94 valence electrons. The lowest BCUT2D eigenvalue weighted by Gasteiger charge is -2.27. The monoisotopic (exact) mass is 243 g/mol. The van der Waals surface area contributed by atoms with Gasteiger partial charge in [-0.3, -0.25) is 24.7 Å². The van der Waals surface area contributed by atoms with Crippen molar-refractivity contribution < 1.29 is 14.8 Å². The highest BCUT2D eigenvalue weighted by molar-refractivity contribution is 5.32. The minimum atomic E-state index is -0.729. The predicted molar refractivity (Wildman–Crippen MR) is 56.9 cm³/mol. The Morgan fingerprint density at radius 2 is 2.29 bits per heavy atom. The molecule has 8 heteroatoms. The molecule has 2 N–H and O–H groups in total. The third kappa shape index (κ3) is 2.08. The number of aromatic nitrogens is 2. The van der Waals surface area contributed by atoms with Gasteiger partial charge in [-0.05, 0) is 6.92 Å². The van der Waals surface area contributed by atoms with Gasteiger partial charge in [-0.15, -0.1) is 0 Å². The Balaban J connectivity index is 2.36. The lowest BCUT2D eigenvalue weighted by atomic mass is 10.1. The molecule has 1 aliphatic rings. The van der Waals surface area contributed by atoms with Crippen molar-refractivity contribution >= 4 is 5.69 Å². The van der Waals surface area contributed by atoms with Gasteiger partial charge in [0.2, 0.25) is 0 Å². The summed E-state index contributed by atoms with van der Waals surface area (Å²) in [6.45, 7) is 2.07. The quantitative estimate of drug-likeness (QED) is 0.548. The molecule has 0 radical (unpaired) electrons. The van der Waals surface area contributed by atoms with E-state index in [2.05, 4.69) is 5.10 Å². The normalized spacial score (nSPS) is 24.8. The molecule has 17 heavy (non-hydrogen) atoms. The van der Waals surface area contributed by atoms with Crippen LogP contribution in [0.3, 0.4) is 0 Å². The van der Waals surface area contributed by atoms with Gasteiger partial charge in [0.25, 0.3) is 0 Å². The van der Waals surface area contributed by atoms with Crippen LogP contribution >= 0.6 is 0 Å². The first-order valence-corrected chi connectivity index (χ1v) is 5.22. The van der Waals surface area contributed by atoms with Crippen molar-refractivity contribution in [1.29, 1.82) is 0 Å². The van der Waals surface area contributed by atoms with Crippen LogP contribution in [0.4, 0.5) is 5.69 Å². The van der Waals surface area contributed by atoms with E-state index in [4.69, 9.17) is 4.74 Å². The molecule has 2 heterocycles. The molecule has 1 aliphatic heterocycles. The molecule has 2 rings (SSSR count). The van der Waals surface area contributed by atoms with E-state index in [1.54, 1.807) is 0 Å². The van der Waals surface area contributed by atoms with Crippen molar-refractivity contribution in [2.75, 3.05) is 13.2 Å². The van der Waals surface area contributed by atoms with Gasteiger partial charge >= 0.3 is 11.2 Å². The number of rotatable bonds is 2. The topological polar surface area (TPSA) is 110 Å². The minimum absolute atomic E-state index is 0.253. The molecule has 0 spiro atoms. The summed E-state index contributed by atoms with van der Waals surface area (Å²) in [5.41, 5.74) is -0.930. The minimum Gasteiger partial charge on any atom is -0.391 e. The Labute approximate surface area is 95.9 Å². The van der Waals surface area contributed by atoms with Gasteiger partial charge in [0.1, 0.15) is 5.69 Å². The maximum atomic E-state index is 11.4. The number of aromatic amines is 1. The summed E-state index contributed by atoms with van der Waals surface area (Å²) in [4.78, 5) is 21.4. The molecule has 0 aromatic carbocycles. The van der Waals surface area contributed by atoms with Crippen LogP contribution in [0.5, 0.6) is 0 Å². The number of aliphatic hydroxyl groups is 1. The zero-order chi connectivity index (χ0) is 12.6. The van der Waals surface area contributed by atoms with Crippen LogP contribution in [-0.2, 0) is 4.74 Å². The lowest BCUT2D eigenvalue weighted by molar-refractivity contribution is -0.386. The van der Waals surface area contributed by atoms with Crippen LogP contribution in [0.2, 0.25) is 0 Å². The Hall–Kier alpha value is -1.67. The van der Waals surface area contributed by atoms with Gasteiger partial charge in [-0.25, -0.2) is 0 Å². The fourth-order valence-corrected chi connectivity index (χ4v) is 2.07. The summed E-state index contributed by atoms with van der Waals surface area (Å²) < 4.78 is 6.56. The largest absolute Gasteiger partial charge is 0.391 e. The second kappa shape index (κ2) is 4.30. The highest BCUT2D eigenvalue weighted by Gasteiger charge is 2.29. The molecule has 0 saturated carbocycles. The first-order valence-electron chi connectivity index (χ1n) is 5.22. The molecular weight excluding hydrogens is 230 g/mol. The van der Waals surface area contributed by atoms with E-state index in [-0.39, 0.29) is 18.3 Å². The van der Waals surface area contributed by atoms with Crippen LogP contribution in [-0.4, -0.2) is 39.1 Å². The molecule has 2 unspecified atom stereocenters. The van der Waals surface area contributed by atoms with Crippen molar-refractivity contribution in [3.8, 4) is 0 Å². The Morgan fingerprint density at radius 1 is 1.59 bits per heavy atom. The SMILES string of the molecule is Cc1c([N+](=O)[O-])c(=O)[nH]n1C1COCC(O)C1. The molecular formula is C9H13N3O5. The number of ether oxygens (including phenoxy) is 1. The average Bonchev–Trinajstić information content (AvgIpc) is 2.54. The third-order valence-corrected chi connectivity index (χ3v) is 2.85. The van der Waals surface area contributed by atoms with Crippen LogP contribution < -0.4 is 5.56 Å². The van der Waals surface area contributed by atoms with E-state index in [1.165, 1.54) is 11.6 Å². The first-order chi connectivity index (χ1) is 8.00. The van der Waals surface area contributed by atoms with E-state index >= 15 is 0 Å². The van der Waals surface area contributed by atoms with Gasteiger partial charge in [0, 0.05) is 6.42 Å². The van der Waals surface area contributed by atoms with E-state index in [0.717, 1.165) is 0 Å². The average molecular weight is 243 g/mol. The Bertz CT molecular complexity index is 491. The number of hydrogen-bond acceptors (Lipinski definition) is 5. The summed E-state index contributed by atoms with van der Waals surface area (Å²) in [6, 6.07) is -0.278. The van der Waals surface area contributed by atoms with Crippen molar-refractivity contribution in [2.24, 2.45) is 0 Å². The number of nitro groups is 1. The number of nitrogens with one attached hydrogen (secondary N) is 1. The molecule has 0 bridgehead atoms. The molecule has 0 aliphatic carbocycles. The molecule has 1 saturated heterocycles. The summed E-state index contributed by atoms with van der Waals surface area (Å²) in [5.74, 6) is 0. The smallest absolute Gasteiger partial charge is 0.355 e. The predicted octanol–water partition coefficient (Wildman–Crippen LogP) is -0.285. The Morgan fingerprint density at radius 3 is 2.82 bits per heavy atom. The van der Waals surface area contributed by atoms with Gasteiger partial charge < -0.3 is 9.84 Å². The van der Waals surface area contributed by atoms with Crippen molar-refractivity contribution in [3.63, 3.8) is 0 Å². The second-order valence-corrected chi connectivity index (χ2v) is 4.08. The molecule has 2 atom stereocenters. The van der Waals surface area contributed by atoms with Crippen molar-refractivity contribution in [3.05, 3.63) is 26.2 Å². The number of aliphatic hydroxyl groups excluding tert-OH is 1. The van der Waals surface area contributed by atoms with E-state index in [9.17, 15) is 20.0 Å². The van der Waals surface area contributed by atoms with Gasteiger partial charge in [-0.2, -0.15) is 0 Å².